The van der Waals surface area contributed by atoms with E-state index in [4.69, 9.17) is 9.47 Å². The van der Waals surface area contributed by atoms with E-state index in [1.54, 1.807) is 0 Å². The van der Waals surface area contributed by atoms with Crippen molar-refractivity contribution in [3.63, 3.8) is 0 Å². The van der Waals surface area contributed by atoms with Gasteiger partial charge in [0, 0.05) is 0 Å². The van der Waals surface area contributed by atoms with E-state index in [9.17, 15) is 13.2 Å². The second-order valence-electron chi connectivity index (χ2n) is 4.05. The van der Waals surface area contributed by atoms with E-state index in [-0.39, 0.29) is 12.2 Å². The summed E-state index contributed by atoms with van der Waals surface area (Å²) in [6.07, 6.45) is -4.35. The maximum atomic E-state index is 12.3. The topological polar surface area (TPSA) is 21.8 Å². The second kappa shape index (κ2) is 4.66. The zero-order chi connectivity index (χ0) is 12.5. The average Bonchev–Trinajstić information content (AvgIpc) is 3.09. The molecule has 2 nitrogen and oxygen atoms in total. The minimum atomic E-state index is -4.29. The van der Waals surface area contributed by atoms with Gasteiger partial charge in [0.05, 0.1) is 24.9 Å². The molecule has 0 saturated carbocycles. The average molecular weight is 246 g/mol. The van der Waals surface area contributed by atoms with Gasteiger partial charge in [-0.1, -0.05) is 12.1 Å². The minimum Gasteiger partial charge on any atom is -0.371 e. The third-order valence-corrected chi connectivity index (χ3v) is 2.64. The molecule has 0 spiro atoms. The fourth-order valence-electron chi connectivity index (χ4n) is 1.46. The summed E-state index contributed by atoms with van der Waals surface area (Å²) >= 11 is 0. The Bertz CT molecular complexity index is 368. The number of epoxide rings is 1. The summed E-state index contributed by atoms with van der Waals surface area (Å²) in [5.41, 5.74) is 0.0950. The van der Waals surface area contributed by atoms with Gasteiger partial charge in [0.25, 0.3) is 0 Å². The molecule has 2 atom stereocenters. The lowest BCUT2D eigenvalue weighted by Crippen LogP contribution is -2.08. The molecule has 0 aliphatic carbocycles. The minimum absolute atomic E-state index is 0.159. The fourth-order valence-corrected chi connectivity index (χ4v) is 1.46. The number of hydrogen-bond acceptors (Lipinski definition) is 2. The molecule has 1 aromatic carbocycles. The van der Waals surface area contributed by atoms with Gasteiger partial charge in [0.2, 0.25) is 0 Å². The van der Waals surface area contributed by atoms with Crippen molar-refractivity contribution < 1.29 is 22.6 Å². The normalized spacial score (nSPS) is 21.3. The van der Waals surface area contributed by atoms with E-state index < -0.39 is 11.7 Å². The molecule has 0 N–H and O–H groups in total. The van der Waals surface area contributed by atoms with Crippen LogP contribution in [-0.4, -0.2) is 19.3 Å². The van der Waals surface area contributed by atoms with Gasteiger partial charge >= 0.3 is 6.18 Å². The van der Waals surface area contributed by atoms with Crippen molar-refractivity contribution in [3.8, 4) is 0 Å². The van der Waals surface area contributed by atoms with Gasteiger partial charge in [-0.3, -0.25) is 0 Å². The first-order valence-electron chi connectivity index (χ1n) is 5.37. The van der Waals surface area contributed by atoms with E-state index in [0.717, 1.165) is 17.7 Å². The highest BCUT2D eigenvalue weighted by Crippen LogP contribution is 2.30. The highest BCUT2D eigenvalue weighted by atomic mass is 19.4. The van der Waals surface area contributed by atoms with Gasteiger partial charge in [-0.2, -0.15) is 13.2 Å². The van der Waals surface area contributed by atoms with Crippen LogP contribution in [0.4, 0.5) is 13.2 Å². The monoisotopic (exact) mass is 246 g/mol. The molecular formula is C12H13F3O2. The molecule has 17 heavy (non-hydrogen) atoms. The maximum Gasteiger partial charge on any atom is 0.416 e. The van der Waals surface area contributed by atoms with E-state index in [1.165, 1.54) is 12.1 Å². The SMILES string of the molecule is C[C@H](OC[C@@H]1CO1)c1ccc(C(F)(F)F)cc1. The molecule has 5 heteroatoms. The summed E-state index contributed by atoms with van der Waals surface area (Å²) < 4.78 is 47.5. The van der Waals surface area contributed by atoms with Gasteiger partial charge in [-0.25, -0.2) is 0 Å². The quantitative estimate of drug-likeness (QED) is 0.761. The number of rotatable bonds is 4. The number of halogens is 3. The van der Waals surface area contributed by atoms with Crippen LogP contribution in [0, 0.1) is 0 Å². The van der Waals surface area contributed by atoms with Gasteiger partial charge in [-0.15, -0.1) is 0 Å². The predicted octanol–water partition coefficient (Wildman–Crippen LogP) is 3.18. The Kier molecular flexibility index (Phi) is 3.40. The van der Waals surface area contributed by atoms with Crippen molar-refractivity contribution in [2.45, 2.75) is 25.3 Å². The Morgan fingerprint density at radius 1 is 1.35 bits per heavy atom. The number of hydrogen-bond donors (Lipinski definition) is 0. The lowest BCUT2D eigenvalue weighted by Gasteiger charge is -2.13. The molecular weight excluding hydrogens is 233 g/mol. The van der Waals surface area contributed by atoms with Crippen molar-refractivity contribution in [3.05, 3.63) is 35.4 Å². The second-order valence-corrected chi connectivity index (χ2v) is 4.05. The molecule has 1 aliphatic rings. The van der Waals surface area contributed by atoms with Crippen molar-refractivity contribution in [2.75, 3.05) is 13.2 Å². The van der Waals surface area contributed by atoms with Crippen LogP contribution in [0.1, 0.15) is 24.2 Å². The molecule has 1 aromatic rings. The van der Waals surface area contributed by atoms with Crippen molar-refractivity contribution in [1.82, 2.24) is 0 Å². The highest BCUT2D eigenvalue weighted by Gasteiger charge is 2.30. The summed E-state index contributed by atoms with van der Waals surface area (Å²) in [6, 6.07) is 5.04. The van der Waals surface area contributed by atoms with Crippen LogP contribution in [0.15, 0.2) is 24.3 Å². The Hall–Kier alpha value is -1.07. The predicted molar refractivity (Wildman–Crippen MR) is 55.6 cm³/mol. The van der Waals surface area contributed by atoms with Crippen LogP contribution in [0.2, 0.25) is 0 Å². The third-order valence-electron chi connectivity index (χ3n) is 2.64. The molecule has 1 saturated heterocycles. The Balaban J connectivity index is 1.96. The van der Waals surface area contributed by atoms with Gasteiger partial charge in [0.15, 0.2) is 0 Å². The largest absolute Gasteiger partial charge is 0.416 e. The van der Waals surface area contributed by atoms with Crippen LogP contribution in [-0.2, 0) is 15.7 Å². The summed E-state index contributed by atoms with van der Waals surface area (Å²) in [6.45, 7) is 3.01. The number of ether oxygens (including phenoxy) is 2. The number of alkyl halides is 3. The van der Waals surface area contributed by atoms with E-state index in [0.29, 0.717) is 13.2 Å². The maximum absolute atomic E-state index is 12.3. The zero-order valence-corrected chi connectivity index (χ0v) is 9.33. The molecule has 1 fully saturated rings. The Morgan fingerprint density at radius 3 is 2.41 bits per heavy atom. The van der Waals surface area contributed by atoms with E-state index >= 15 is 0 Å². The lowest BCUT2D eigenvalue weighted by molar-refractivity contribution is -0.137. The van der Waals surface area contributed by atoms with E-state index in [2.05, 4.69) is 0 Å². The fraction of sp³-hybridized carbons (Fsp3) is 0.500. The van der Waals surface area contributed by atoms with Crippen LogP contribution in [0.25, 0.3) is 0 Å². The van der Waals surface area contributed by atoms with Crippen LogP contribution < -0.4 is 0 Å². The van der Waals surface area contributed by atoms with Crippen molar-refractivity contribution in [1.29, 1.82) is 0 Å². The van der Waals surface area contributed by atoms with Crippen LogP contribution in [0.3, 0.4) is 0 Å². The van der Waals surface area contributed by atoms with E-state index in [1.807, 2.05) is 6.92 Å². The van der Waals surface area contributed by atoms with Gasteiger partial charge < -0.3 is 9.47 Å². The highest BCUT2D eigenvalue weighted by molar-refractivity contribution is 5.25. The zero-order valence-electron chi connectivity index (χ0n) is 9.33. The smallest absolute Gasteiger partial charge is 0.371 e. The summed E-state index contributed by atoms with van der Waals surface area (Å²) in [4.78, 5) is 0. The first-order valence-corrected chi connectivity index (χ1v) is 5.37. The molecule has 2 rings (SSSR count). The van der Waals surface area contributed by atoms with Gasteiger partial charge in [-0.05, 0) is 24.6 Å². The molecule has 0 aromatic heterocycles. The number of benzene rings is 1. The molecule has 1 aliphatic heterocycles. The summed E-state index contributed by atoms with van der Waals surface area (Å²) in [7, 11) is 0. The third kappa shape index (κ3) is 3.44. The first-order chi connectivity index (χ1) is 7.97. The molecule has 0 amide bonds. The van der Waals surface area contributed by atoms with Crippen molar-refractivity contribution >= 4 is 0 Å². The Morgan fingerprint density at radius 2 is 1.94 bits per heavy atom. The molecule has 0 unspecified atom stereocenters. The molecule has 0 radical (unpaired) electrons. The lowest BCUT2D eigenvalue weighted by atomic mass is 10.1. The van der Waals surface area contributed by atoms with Gasteiger partial charge in [0.1, 0.15) is 6.10 Å². The standard InChI is InChI=1S/C12H13F3O2/c1-8(16-6-11-7-17-11)9-2-4-10(5-3-9)12(13,14)15/h2-5,8,11H,6-7H2,1H3/t8-,11+/m0/s1. The van der Waals surface area contributed by atoms with Crippen LogP contribution >= 0.6 is 0 Å². The Labute approximate surface area is 97.3 Å². The first kappa shape index (κ1) is 12.4. The van der Waals surface area contributed by atoms with Crippen molar-refractivity contribution in [2.24, 2.45) is 0 Å². The molecule has 1 heterocycles. The molecule has 94 valence electrons. The van der Waals surface area contributed by atoms with Crippen LogP contribution in [0.5, 0.6) is 0 Å². The molecule has 0 bridgehead atoms. The summed E-state index contributed by atoms with van der Waals surface area (Å²) in [5.74, 6) is 0. The summed E-state index contributed by atoms with van der Waals surface area (Å²) in [5, 5.41) is 0.